The molecular weight excluding hydrogens is 1040 g/mol. The first kappa shape index (κ1) is 82.8. The molecule has 3 N–H and O–H groups in total. The maximum atomic E-state index is 12.5. The van der Waals surface area contributed by atoms with Gasteiger partial charge in [0.25, 0.3) is 0 Å². The normalized spacial score (nSPS) is 12.8. The Morgan fingerprint density at radius 3 is 0.929 bits per heavy atom. The van der Waals surface area contributed by atoms with Gasteiger partial charge >= 0.3 is 5.97 Å². The molecule has 6 heteroatoms. The molecule has 0 aromatic heterocycles. The SMILES string of the molecule is CCCCC/C=C\C/C=C\CCCCCCCCCCCC(=O)OCCCCCCCCCCCCCC/C=C\CCCCCCCCCCCCC(=O)NC(CO)C(O)/C=C/CCCCCCCCCCCCCCCCCCCCCCC. The van der Waals surface area contributed by atoms with Gasteiger partial charge in [-0.15, -0.1) is 0 Å². The molecule has 2 unspecified atom stereocenters. The van der Waals surface area contributed by atoms with Crippen LogP contribution >= 0.6 is 0 Å². The van der Waals surface area contributed by atoms with Crippen LogP contribution < -0.4 is 5.32 Å². The lowest BCUT2D eigenvalue weighted by atomic mass is 10.0. The van der Waals surface area contributed by atoms with Gasteiger partial charge in [0.2, 0.25) is 5.91 Å². The van der Waals surface area contributed by atoms with Gasteiger partial charge in [-0.1, -0.05) is 364 Å². The second kappa shape index (κ2) is 74.3. The molecule has 0 bridgehead atoms. The Bertz CT molecular complexity index is 1420. The summed E-state index contributed by atoms with van der Waals surface area (Å²) < 4.78 is 5.51. The van der Waals surface area contributed by atoms with Gasteiger partial charge in [-0.25, -0.2) is 0 Å². The molecule has 85 heavy (non-hydrogen) atoms. The molecule has 0 aliphatic heterocycles. The Morgan fingerprint density at radius 1 is 0.329 bits per heavy atom. The number of esters is 1. The van der Waals surface area contributed by atoms with Crippen LogP contribution in [0.3, 0.4) is 0 Å². The zero-order valence-electron chi connectivity index (χ0n) is 57.4. The van der Waals surface area contributed by atoms with Crippen LogP contribution in [0.25, 0.3) is 0 Å². The topological polar surface area (TPSA) is 95.9 Å². The number of rotatable bonds is 72. The molecule has 0 aromatic carbocycles. The van der Waals surface area contributed by atoms with E-state index in [2.05, 4.69) is 55.6 Å². The fourth-order valence-electron chi connectivity index (χ4n) is 12.0. The maximum Gasteiger partial charge on any atom is 0.305 e. The third kappa shape index (κ3) is 70.8. The molecule has 0 heterocycles. The molecular formula is C79H149NO5. The molecule has 0 saturated carbocycles. The van der Waals surface area contributed by atoms with E-state index < -0.39 is 12.1 Å². The van der Waals surface area contributed by atoms with E-state index in [0.29, 0.717) is 19.4 Å². The van der Waals surface area contributed by atoms with Crippen LogP contribution in [-0.4, -0.2) is 47.4 Å². The van der Waals surface area contributed by atoms with E-state index in [9.17, 15) is 19.8 Å². The number of nitrogens with one attached hydrogen (secondary N) is 1. The lowest BCUT2D eigenvalue weighted by molar-refractivity contribution is -0.143. The van der Waals surface area contributed by atoms with Crippen LogP contribution in [-0.2, 0) is 14.3 Å². The standard InChI is InChI=1S/C79H149NO5/c1-3-5-7-9-11-13-15-17-19-21-23-24-29-32-36-39-43-47-51-55-59-63-67-71-77(82)76(75-81)80-78(83)72-68-64-60-56-52-48-44-40-37-33-30-27-25-26-28-31-34-38-42-46-50-54-58-62-66-70-74-85-79(84)73-69-65-61-57-53-49-45-41-35-22-20-18-16-14-12-10-8-6-4-2/h12,14,18,20,25,27,67,71,76-77,81-82H,3-11,13,15-17,19,21-24,26,28-66,68-70,72-75H2,1-2H3,(H,80,83)/b14-12-,20-18-,27-25-,71-67+. The molecule has 0 aromatic rings. The highest BCUT2D eigenvalue weighted by molar-refractivity contribution is 5.76. The first-order valence-electron chi connectivity index (χ1n) is 38.4. The van der Waals surface area contributed by atoms with Gasteiger partial charge in [0, 0.05) is 12.8 Å². The van der Waals surface area contributed by atoms with Gasteiger partial charge in [-0.2, -0.15) is 0 Å². The Balaban J connectivity index is 3.41. The van der Waals surface area contributed by atoms with Crippen LogP contribution in [0.1, 0.15) is 418 Å². The third-order valence-corrected chi connectivity index (χ3v) is 17.8. The molecule has 0 aliphatic rings. The number of hydrogen-bond acceptors (Lipinski definition) is 5. The summed E-state index contributed by atoms with van der Waals surface area (Å²) in [4.78, 5) is 24.7. The number of aliphatic hydroxyl groups excluding tert-OH is 2. The average Bonchev–Trinajstić information content (AvgIpc) is 3.51. The molecule has 0 radical (unpaired) electrons. The summed E-state index contributed by atoms with van der Waals surface area (Å²) in [6.45, 7) is 4.92. The predicted molar refractivity (Wildman–Crippen MR) is 375 cm³/mol. The van der Waals surface area contributed by atoms with Gasteiger partial charge in [0.1, 0.15) is 0 Å². The van der Waals surface area contributed by atoms with Crippen LogP contribution in [0.5, 0.6) is 0 Å². The number of carbonyl (C=O) groups is 2. The first-order valence-corrected chi connectivity index (χ1v) is 38.4. The van der Waals surface area contributed by atoms with Crippen LogP contribution in [0, 0.1) is 0 Å². The molecule has 500 valence electrons. The molecule has 0 saturated heterocycles. The Hall–Kier alpha value is -2.18. The monoisotopic (exact) mass is 1190 g/mol. The molecule has 2 atom stereocenters. The molecule has 0 fully saturated rings. The highest BCUT2D eigenvalue weighted by atomic mass is 16.5. The second-order valence-corrected chi connectivity index (χ2v) is 26.3. The molecule has 0 rings (SSSR count). The average molecular weight is 1190 g/mol. The van der Waals surface area contributed by atoms with Crippen molar-refractivity contribution in [3.63, 3.8) is 0 Å². The number of aliphatic hydroxyl groups is 2. The Kier molecular flexibility index (Phi) is 72.4. The van der Waals surface area contributed by atoms with Crippen molar-refractivity contribution in [3.05, 3.63) is 48.6 Å². The fourth-order valence-corrected chi connectivity index (χ4v) is 12.0. The minimum Gasteiger partial charge on any atom is -0.466 e. The molecule has 6 nitrogen and oxygen atoms in total. The zero-order chi connectivity index (χ0) is 61.3. The summed E-state index contributed by atoms with van der Waals surface area (Å²) >= 11 is 0. The van der Waals surface area contributed by atoms with Gasteiger partial charge in [-0.05, 0) is 89.9 Å². The summed E-state index contributed by atoms with van der Waals surface area (Å²) in [7, 11) is 0. The summed E-state index contributed by atoms with van der Waals surface area (Å²) in [5.41, 5.74) is 0. The quantitative estimate of drug-likeness (QED) is 0.0320. The van der Waals surface area contributed by atoms with Crippen molar-refractivity contribution in [2.45, 2.75) is 431 Å². The van der Waals surface area contributed by atoms with E-state index in [1.807, 2.05) is 6.08 Å². The highest BCUT2D eigenvalue weighted by Gasteiger charge is 2.18. The van der Waals surface area contributed by atoms with E-state index in [1.165, 1.54) is 340 Å². The van der Waals surface area contributed by atoms with Crippen LogP contribution in [0.2, 0.25) is 0 Å². The number of allylic oxidation sites excluding steroid dienone is 7. The van der Waals surface area contributed by atoms with Crippen LogP contribution in [0.15, 0.2) is 48.6 Å². The summed E-state index contributed by atoms with van der Waals surface area (Å²) in [5.74, 6) is -0.0552. The van der Waals surface area contributed by atoms with Gasteiger partial charge < -0.3 is 20.3 Å². The van der Waals surface area contributed by atoms with Gasteiger partial charge in [-0.3, -0.25) is 9.59 Å². The number of carbonyl (C=O) groups excluding carboxylic acids is 2. The lowest BCUT2D eigenvalue weighted by Gasteiger charge is -2.20. The first-order chi connectivity index (χ1) is 42.0. The van der Waals surface area contributed by atoms with E-state index in [0.717, 1.165) is 51.4 Å². The Morgan fingerprint density at radius 2 is 0.588 bits per heavy atom. The highest BCUT2D eigenvalue weighted by Crippen LogP contribution is 2.19. The van der Waals surface area contributed by atoms with Gasteiger partial charge in [0.05, 0.1) is 25.4 Å². The van der Waals surface area contributed by atoms with Crippen molar-refractivity contribution < 1.29 is 24.5 Å². The smallest absolute Gasteiger partial charge is 0.305 e. The number of ether oxygens (including phenoxy) is 1. The number of unbranched alkanes of at least 4 members (excludes halogenated alkanes) is 55. The third-order valence-electron chi connectivity index (χ3n) is 17.8. The van der Waals surface area contributed by atoms with Crippen molar-refractivity contribution in [1.82, 2.24) is 5.32 Å². The van der Waals surface area contributed by atoms with E-state index >= 15 is 0 Å². The van der Waals surface area contributed by atoms with Crippen molar-refractivity contribution in [2.24, 2.45) is 0 Å². The van der Waals surface area contributed by atoms with Crippen LogP contribution in [0.4, 0.5) is 0 Å². The minimum atomic E-state index is -0.848. The Labute approximate surface area is 531 Å². The number of hydrogen-bond donors (Lipinski definition) is 3. The van der Waals surface area contributed by atoms with E-state index in [1.54, 1.807) is 6.08 Å². The van der Waals surface area contributed by atoms with Crippen molar-refractivity contribution in [1.29, 1.82) is 0 Å². The lowest BCUT2D eigenvalue weighted by Crippen LogP contribution is -2.45. The van der Waals surface area contributed by atoms with Gasteiger partial charge in [0.15, 0.2) is 0 Å². The second-order valence-electron chi connectivity index (χ2n) is 26.3. The summed E-state index contributed by atoms with van der Waals surface area (Å²) in [6.07, 6.45) is 97.8. The fraction of sp³-hybridized carbons (Fsp3) is 0.873. The van der Waals surface area contributed by atoms with E-state index in [-0.39, 0.29) is 18.5 Å². The summed E-state index contributed by atoms with van der Waals surface area (Å²) in [5, 5.41) is 23.3. The van der Waals surface area contributed by atoms with Crippen molar-refractivity contribution >= 4 is 11.9 Å². The minimum absolute atomic E-state index is 0.0107. The molecule has 1 amide bonds. The van der Waals surface area contributed by atoms with Crippen molar-refractivity contribution in [2.75, 3.05) is 13.2 Å². The number of amides is 1. The molecule has 0 aliphatic carbocycles. The van der Waals surface area contributed by atoms with Crippen molar-refractivity contribution in [3.8, 4) is 0 Å². The molecule has 0 spiro atoms. The predicted octanol–water partition coefficient (Wildman–Crippen LogP) is 25.2. The maximum absolute atomic E-state index is 12.5. The summed E-state index contributed by atoms with van der Waals surface area (Å²) in [6, 6.07) is -0.632. The zero-order valence-corrected chi connectivity index (χ0v) is 57.4. The largest absolute Gasteiger partial charge is 0.466 e. The van der Waals surface area contributed by atoms with E-state index in [4.69, 9.17) is 4.74 Å².